The van der Waals surface area contributed by atoms with Gasteiger partial charge in [0.05, 0.1) is 12.0 Å². The zero-order valence-electron chi connectivity index (χ0n) is 24.5. The zero-order chi connectivity index (χ0) is 31.4. The van der Waals surface area contributed by atoms with Crippen molar-refractivity contribution in [3.05, 3.63) is 92.4 Å². The fourth-order valence-corrected chi connectivity index (χ4v) is 7.18. The van der Waals surface area contributed by atoms with Crippen molar-refractivity contribution in [1.29, 1.82) is 0 Å². The van der Waals surface area contributed by atoms with E-state index in [0.29, 0.717) is 57.1 Å². The van der Waals surface area contributed by atoms with Gasteiger partial charge in [0.15, 0.2) is 5.75 Å². The van der Waals surface area contributed by atoms with Crippen LogP contribution in [0.5, 0.6) is 5.75 Å². The lowest BCUT2D eigenvalue weighted by Gasteiger charge is -2.46. The third kappa shape index (κ3) is 5.65. The molecule has 11 heteroatoms. The van der Waals surface area contributed by atoms with E-state index in [-0.39, 0.29) is 30.1 Å². The lowest BCUT2D eigenvalue weighted by atomic mass is 9.59. The second-order valence-corrected chi connectivity index (χ2v) is 13.8. The first-order chi connectivity index (χ1) is 20.8. The highest BCUT2D eigenvalue weighted by Crippen LogP contribution is 2.58. The number of nitrogens with zero attached hydrogens (tertiary/aromatic N) is 1. The van der Waals surface area contributed by atoms with Crippen molar-refractivity contribution in [1.82, 2.24) is 10.4 Å². The van der Waals surface area contributed by atoms with Crippen LogP contribution < -0.4 is 15.5 Å². The lowest BCUT2D eigenvalue weighted by Crippen LogP contribution is -2.57. The number of halogens is 3. The Balaban J connectivity index is 1.44. The van der Waals surface area contributed by atoms with Crippen LogP contribution in [0.4, 0.5) is 5.69 Å². The fourth-order valence-electron chi connectivity index (χ4n) is 6.63. The highest BCUT2D eigenvalue weighted by atomic mass is 35.5. The Morgan fingerprint density at radius 1 is 0.977 bits per heavy atom. The molecule has 1 spiro atoms. The van der Waals surface area contributed by atoms with E-state index in [0.717, 1.165) is 5.56 Å². The minimum Gasteiger partial charge on any atom is -0.460 e. The normalized spacial score (nSPS) is 25.0. The Hall–Kier alpha value is -3.30. The summed E-state index contributed by atoms with van der Waals surface area (Å²) in [6.45, 7) is 6.33. The number of rotatable bonds is 5. The molecule has 3 aromatic rings. The molecular formula is C33H32Cl3N3O5. The third-order valence-electron chi connectivity index (χ3n) is 8.40. The first kappa shape index (κ1) is 30.7. The van der Waals surface area contributed by atoms with Crippen LogP contribution in [0.1, 0.15) is 62.3 Å². The molecule has 3 aromatic carbocycles. The number of hydrogen-bond acceptors (Lipinski definition) is 6. The van der Waals surface area contributed by atoms with Crippen molar-refractivity contribution in [2.45, 2.75) is 56.6 Å². The number of benzene rings is 3. The maximum Gasteiger partial charge on any atom is 0.310 e. The Morgan fingerprint density at radius 3 is 2.45 bits per heavy atom. The van der Waals surface area contributed by atoms with Crippen molar-refractivity contribution < 1.29 is 24.0 Å². The summed E-state index contributed by atoms with van der Waals surface area (Å²) in [5, 5.41) is 9.22. The van der Waals surface area contributed by atoms with Crippen LogP contribution in [-0.2, 0) is 24.5 Å². The van der Waals surface area contributed by atoms with Gasteiger partial charge in [-0.3, -0.25) is 14.4 Å². The first-order valence-corrected chi connectivity index (χ1v) is 15.6. The summed E-state index contributed by atoms with van der Waals surface area (Å²) in [6.07, 6.45) is 0.613. The first-order valence-electron chi connectivity index (χ1n) is 14.5. The van der Waals surface area contributed by atoms with Crippen LogP contribution in [-0.4, -0.2) is 41.5 Å². The monoisotopic (exact) mass is 655 g/mol. The van der Waals surface area contributed by atoms with E-state index in [1.165, 1.54) is 0 Å². The number of hydroxylamine groups is 2. The molecule has 3 heterocycles. The van der Waals surface area contributed by atoms with Gasteiger partial charge >= 0.3 is 5.97 Å². The molecular weight excluding hydrogens is 625 g/mol. The molecule has 44 heavy (non-hydrogen) atoms. The maximum absolute atomic E-state index is 14.4. The van der Waals surface area contributed by atoms with E-state index >= 15 is 0 Å². The number of hydrogen-bond donors (Lipinski definition) is 2. The minimum absolute atomic E-state index is 0.0484. The second kappa shape index (κ2) is 11.6. The number of anilines is 1. The van der Waals surface area contributed by atoms with Crippen molar-refractivity contribution in [2.75, 3.05) is 18.4 Å². The number of carbonyl (C=O) groups excluding carboxylic acids is 3. The number of piperidine rings is 1. The van der Waals surface area contributed by atoms with E-state index in [1.807, 2.05) is 39.0 Å². The van der Waals surface area contributed by atoms with Gasteiger partial charge in [-0.25, -0.2) is 0 Å². The van der Waals surface area contributed by atoms with E-state index in [1.54, 1.807) is 47.5 Å². The summed E-state index contributed by atoms with van der Waals surface area (Å²) in [4.78, 5) is 47.0. The molecule has 0 bridgehead atoms. The Morgan fingerprint density at radius 2 is 1.70 bits per heavy atom. The maximum atomic E-state index is 14.4. The SMILES string of the molecule is CC(C)(C)OC(=O)C1CCN(Oc2ccc(Cl)cc2C2NC(=O)CC(c3cccc(Cl)c3)C23C(=O)Nc2cc(Cl)ccc23)C1. The number of amides is 2. The van der Waals surface area contributed by atoms with Crippen molar-refractivity contribution >= 4 is 58.3 Å². The number of nitrogens with one attached hydrogen (secondary N) is 2. The van der Waals surface area contributed by atoms with Crippen LogP contribution in [0, 0.1) is 5.92 Å². The Kier molecular flexibility index (Phi) is 8.07. The summed E-state index contributed by atoms with van der Waals surface area (Å²) >= 11 is 19.3. The number of fused-ring (bicyclic) bond motifs is 2. The standard InChI is InChI=1S/C33H32Cl3N3O5/c1-32(2,3)43-30(41)19-11-12-39(17-19)44-27-10-8-21(35)14-23(27)29-33(24-9-7-22(36)15-26(24)37-31(33)42)25(16-28(40)38-29)18-5-4-6-20(34)13-18/h4-10,13-15,19,25,29H,11-12,16-17H2,1-3H3,(H,37,42)(H,38,40). The van der Waals surface area contributed by atoms with E-state index in [4.69, 9.17) is 44.4 Å². The van der Waals surface area contributed by atoms with Gasteiger partial charge < -0.3 is 20.2 Å². The number of ether oxygens (including phenoxy) is 1. The summed E-state index contributed by atoms with van der Waals surface area (Å²) < 4.78 is 5.60. The molecule has 2 amide bonds. The lowest BCUT2D eigenvalue weighted by molar-refractivity contribution is -0.160. The largest absolute Gasteiger partial charge is 0.460 e. The van der Waals surface area contributed by atoms with Gasteiger partial charge in [-0.15, -0.1) is 5.06 Å². The summed E-state index contributed by atoms with van der Waals surface area (Å²) in [5.41, 5.74) is 0.643. The molecule has 4 atom stereocenters. The highest BCUT2D eigenvalue weighted by molar-refractivity contribution is 6.31. The molecule has 0 aliphatic carbocycles. The molecule has 6 rings (SSSR count). The van der Waals surface area contributed by atoms with Gasteiger partial charge in [-0.1, -0.05) is 53.0 Å². The number of esters is 1. The molecule has 8 nitrogen and oxygen atoms in total. The van der Waals surface area contributed by atoms with Crippen LogP contribution >= 0.6 is 34.8 Å². The average molecular weight is 657 g/mol. The Bertz CT molecular complexity index is 1660. The van der Waals surface area contributed by atoms with Gasteiger partial charge in [0, 0.05) is 51.7 Å². The average Bonchev–Trinajstić information content (AvgIpc) is 3.52. The van der Waals surface area contributed by atoms with Gasteiger partial charge in [-0.2, -0.15) is 0 Å². The minimum atomic E-state index is -1.30. The molecule has 2 N–H and O–H groups in total. The van der Waals surface area contributed by atoms with Crippen molar-refractivity contribution in [3.63, 3.8) is 0 Å². The number of carbonyl (C=O) groups is 3. The van der Waals surface area contributed by atoms with E-state index in [9.17, 15) is 14.4 Å². The summed E-state index contributed by atoms with van der Waals surface area (Å²) in [5.74, 6) is -1.33. The van der Waals surface area contributed by atoms with E-state index < -0.39 is 23.0 Å². The van der Waals surface area contributed by atoms with Gasteiger partial charge in [0.25, 0.3) is 0 Å². The van der Waals surface area contributed by atoms with E-state index in [2.05, 4.69) is 10.6 Å². The summed E-state index contributed by atoms with van der Waals surface area (Å²) in [6, 6.07) is 16.8. The molecule has 4 unspecified atom stereocenters. The topological polar surface area (TPSA) is 97.0 Å². The van der Waals surface area contributed by atoms with Crippen LogP contribution in [0.2, 0.25) is 15.1 Å². The molecule has 3 aliphatic heterocycles. The molecule has 0 radical (unpaired) electrons. The predicted molar refractivity (Wildman–Crippen MR) is 169 cm³/mol. The Labute approximate surface area is 270 Å². The zero-order valence-corrected chi connectivity index (χ0v) is 26.7. The highest BCUT2D eigenvalue weighted by Gasteiger charge is 2.61. The van der Waals surface area contributed by atoms with Gasteiger partial charge in [0.2, 0.25) is 11.8 Å². The molecule has 0 saturated carbocycles. The van der Waals surface area contributed by atoms with Crippen LogP contribution in [0.15, 0.2) is 60.7 Å². The smallest absolute Gasteiger partial charge is 0.310 e. The van der Waals surface area contributed by atoms with Crippen molar-refractivity contribution in [3.8, 4) is 5.75 Å². The van der Waals surface area contributed by atoms with Crippen LogP contribution in [0.3, 0.4) is 0 Å². The molecule has 2 fully saturated rings. The molecule has 2 saturated heterocycles. The fraction of sp³-hybridized carbons (Fsp3) is 0.364. The van der Waals surface area contributed by atoms with Crippen molar-refractivity contribution in [2.24, 2.45) is 5.92 Å². The summed E-state index contributed by atoms with van der Waals surface area (Å²) in [7, 11) is 0. The second-order valence-electron chi connectivity index (χ2n) is 12.5. The molecule has 0 aromatic heterocycles. The van der Waals surface area contributed by atoms with Crippen LogP contribution in [0.25, 0.3) is 0 Å². The third-order valence-corrected chi connectivity index (χ3v) is 9.11. The molecule has 230 valence electrons. The van der Waals surface area contributed by atoms with Gasteiger partial charge in [-0.05, 0) is 80.8 Å². The predicted octanol–water partition coefficient (Wildman–Crippen LogP) is 6.84. The quantitative estimate of drug-likeness (QED) is 0.292. The molecule has 3 aliphatic rings. The van der Waals surface area contributed by atoms with Gasteiger partial charge in [0.1, 0.15) is 11.0 Å².